The summed E-state index contributed by atoms with van der Waals surface area (Å²) in [4.78, 5) is 2.87. The van der Waals surface area contributed by atoms with Crippen LogP contribution in [0.3, 0.4) is 0 Å². The third-order valence-electron chi connectivity index (χ3n) is 19.6. The minimum atomic E-state index is -0.123. The molecule has 17 rings (SSSR count). The van der Waals surface area contributed by atoms with Gasteiger partial charge in [0.05, 0.1) is 21.4 Å². The predicted molar refractivity (Wildman–Crippen MR) is 267 cm³/mol. The minimum Gasteiger partial charge on any atom is -0.376 e. The van der Waals surface area contributed by atoms with Gasteiger partial charge in [-0.2, -0.15) is 0 Å². The van der Waals surface area contributed by atoms with E-state index in [1.54, 1.807) is 16.6 Å². The van der Waals surface area contributed by atoms with Crippen molar-refractivity contribution in [2.75, 3.05) is 4.81 Å². The van der Waals surface area contributed by atoms with Gasteiger partial charge in [0.1, 0.15) is 0 Å². The van der Waals surface area contributed by atoms with Crippen molar-refractivity contribution in [2.45, 2.75) is 114 Å². The maximum atomic E-state index is 2.87. The van der Waals surface area contributed by atoms with Crippen LogP contribution in [0.5, 0.6) is 0 Å². The van der Waals surface area contributed by atoms with E-state index in [9.17, 15) is 0 Å². The van der Waals surface area contributed by atoms with Crippen molar-refractivity contribution in [1.29, 1.82) is 0 Å². The quantitative estimate of drug-likeness (QED) is 0.161. The number of benzene rings is 6. The molecule has 6 fully saturated rings. The standard InChI is InChI=1S/C59H55BN2S/c1-4-58(28-33-16-17-34(20-33)29-58)38-18-19-49-42(24-38)44-25-39(59-30-35-21-36(31-59)23-37(22-35)32-59)26-48-54(44)61(49)55-52-43(27-45-40-10-5-8-15-51(40)63-56(45)55)41-11-9-13-47-53(41)62(60(48)52)50-14-7-6-12-46(50)57(47,2)3/h5-15,18-19,24-27,33-37H,4,16-17,20-23,28-32H2,1-3H3. The second-order valence-electron chi connectivity index (χ2n) is 23.1. The minimum absolute atomic E-state index is 0.0686. The number of rotatable bonds is 3. The molecule has 0 N–H and O–H groups in total. The highest BCUT2D eigenvalue weighted by molar-refractivity contribution is 7.26. The lowest BCUT2D eigenvalue weighted by molar-refractivity contribution is -0.00509. The van der Waals surface area contributed by atoms with E-state index in [0.29, 0.717) is 0 Å². The zero-order chi connectivity index (χ0) is 41.3. The Morgan fingerprint density at radius 2 is 1.33 bits per heavy atom. The zero-order valence-corrected chi connectivity index (χ0v) is 37.9. The highest BCUT2D eigenvalue weighted by atomic mass is 32.1. The molecule has 2 aromatic heterocycles. The first-order valence-corrected chi connectivity index (χ1v) is 25.7. The van der Waals surface area contributed by atoms with Gasteiger partial charge >= 0.3 is 6.85 Å². The van der Waals surface area contributed by atoms with E-state index in [0.717, 1.165) is 29.6 Å². The van der Waals surface area contributed by atoms with Crippen LogP contribution in [0.4, 0.5) is 11.4 Å². The molecule has 6 bridgehead atoms. The number of fused-ring (bicyclic) bond motifs is 15. The fourth-order valence-corrected chi connectivity index (χ4v) is 18.7. The van der Waals surface area contributed by atoms with Crippen molar-refractivity contribution in [3.05, 3.63) is 125 Å². The average Bonchev–Trinajstić information content (AvgIpc) is 3.96. The number of anilines is 2. The van der Waals surface area contributed by atoms with Crippen LogP contribution in [-0.2, 0) is 16.2 Å². The predicted octanol–water partition coefficient (Wildman–Crippen LogP) is 14.4. The lowest BCUT2D eigenvalue weighted by Gasteiger charge is -2.57. The molecular formula is C59H55BN2S. The Morgan fingerprint density at radius 3 is 2.13 bits per heavy atom. The van der Waals surface area contributed by atoms with E-state index in [1.807, 2.05) is 11.3 Å². The van der Waals surface area contributed by atoms with Crippen molar-refractivity contribution in [3.8, 4) is 16.8 Å². The SMILES string of the molecule is CCC1(c2ccc3c(c2)c2cc(C45CC6CC(CC(C6)C4)C5)cc4c2n3-c2c3c(cc5c2sc2ccccc25)-c2cccc5c2N(B34)c2ccccc2C5(C)C)CC2CCC(C2)C1. The van der Waals surface area contributed by atoms with Gasteiger partial charge in [0.2, 0.25) is 0 Å². The van der Waals surface area contributed by atoms with E-state index < -0.39 is 0 Å². The number of hydrogen-bond acceptors (Lipinski definition) is 2. The number of hydrogen-bond donors (Lipinski definition) is 0. The number of nitrogens with zero attached hydrogens (tertiary/aromatic N) is 2. The lowest BCUT2D eigenvalue weighted by atomic mass is 9.42. The van der Waals surface area contributed by atoms with Gasteiger partial charge in [-0.3, -0.25) is 0 Å². The van der Waals surface area contributed by atoms with Crippen LogP contribution in [-0.4, -0.2) is 11.4 Å². The van der Waals surface area contributed by atoms with Crippen molar-refractivity contribution in [2.24, 2.45) is 29.6 Å². The number of aromatic nitrogens is 1. The summed E-state index contributed by atoms with van der Waals surface area (Å²) in [5.41, 5.74) is 19.7. The maximum Gasteiger partial charge on any atom is 0.333 e. The van der Waals surface area contributed by atoms with Crippen LogP contribution in [0.25, 0.3) is 58.8 Å². The molecular weight excluding hydrogens is 780 g/mol. The molecule has 9 aliphatic rings. The lowest BCUT2D eigenvalue weighted by Crippen LogP contribution is -2.62. The summed E-state index contributed by atoms with van der Waals surface area (Å²) >= 11 is 2.02. The zero-order valence-electron chi connectivity index (χ0n) is 37.1. The molecule has 2 atom stereocenters. The summed E-state index contributed by atoms with van der Waals surface area (Å²) in [5.74, 6) is 4.49. The topological polar surface area (TPSA) is 8.17 Å². The van der Waals surface area contributed by atoms with E-state index in [2.05, 4.69) is 133 Å². The summed E-state index contributed by atoms with van der Waals surface area (Å²) in [5, 5.41) is 5.83. The van der Waals surface area contributed by atoms with Crippen LogP contribution >= 0.6 is 11.3 Å². The molecule has 5 heterocycles. The van der Waals surface area contributed by atoms with Gasteiger partial charge in [0.15, 0.2) is 0 Å². The third kappa shape index (κ3) is 4.31. The summed E-state index contributed by atoms with van der Waals surface area (Å²) in [6.45, 7) is 7.52. The van der Waals surface area contributed by atoms with Crippen molar-refractivity contribution in [1.82, 2.24) is 4.57 Å². The molecule has 6 aromatic carbocycles. The Bertz CT molecular complexity index is 3330. The largest absolute Gasteiger partial charge is 0.376 e. The van der Waals surface area contributed by atoms with Crippen LogP contribution in [0.15, 0.2) is 103 Å². The maximum absolute atomic E-state index is 2.87. The average molecular weight is 835 g/mol. The Kier molecular flexibility index (Phi) is 6.61. The van der Waals surface area contributed by atoms with E-state index >= 15 is 0 Å². The fraction of sp³-hybridized carbons (Fsp3) is 0.390. The van der Waals surface area contributed by atoms with E-state index in [4.69, 9.17) is 0 Å². The first kappa shape index (κ1) is 35.5. The highest BCUT2D eigenvalue weighted by Crippen LogP contribution is 2.62. The van der Waals surface area contributed by atoms with E-state index in [1.165, 1.54) is 164 Å². The van der Waals surface area contributed by atoms with Crippen LogP contribution in [0.2, 0.25) is 0 Å². The molecule has 0 spiro atoms. The smallest absolute Gasteiger partial charge is 0.333 e. The van der Waals surface area contributed by atoms with Gasteiger partial charge in [-0.1, -0.05) is 100 Å². The third-order valence-corrected chi connectivity index (χ3v) is 20.8. The molecule has 2 unspecified atom stereocenters. The molecule has 0 amide bonds. The molecule has 310 valence electrons. The first-order valence-electron chi connectivity index (χ1n) is 24.9. The Morgan fingerprint density at radius 1 is 0.619 bits per heavy atom. The van der Waals surface area contributed by atoms with Crippen LogP contribution < -0.4 is 15.7 Å². The second kappa shape index (κ2) is 11.7. The van der Waals surface area contributed by atoms with Gasteiger partial charge in [0.25, 0.3) is 0 Å². The summed E-state index contributed by atoms with van der Waals surface area (Å²) in [6.07, 6.45) is 16.9. The normalized spacial score (nSPS) is 29.9. The monoisotopic (exact) mass is 834 g/mol. The van der Waals surface area contributed by atoms with Crippen molar-refractivity contribution >= 4 is 82.5 Å². The molecule has 0 saturated heterocycles. The number of thiophene rings is 1. The summed E-state index contributed by atoms with van der Waals surface area (Å²) < 4.78 is 5.66. The first-order chi connectivity index (χ1) is 30.8. The van der Waals surface area contributed by atoms with Gasteiger partial charge in [-0.15, -0.1) is 11.3 Å². The Balaban J connectivity index is 1.08. The second-order valence-corrected chi connectivity index (χ2v) is 24.1. The molecule has 2 nitrogen and oxygen atoms in total. The molecule has 63 heavy (non-hydrogen) atoms. The van der Waals surface area contributed by atoms with Gasteiger partial charge < -0.3 is 9.38 Å². The molecule has 6 saturated carbocycles. The fourth-order valence-electron chi connectivity index (χ4n) is 17.5. The Hall–Kier alpha value is -4.80. The molecule has 6 aliphatic carbocycles. The van der Waals surface area contributed by atoms with Crippen molar-refractivity contribution < 1.29 is 0 Å². The summed E-state index contributed by atoms with van der Waals surface area (Å²) in [7, 11) is 0. The molecule has 3 aliphatic heterocycles. The van der Waals surface area contributed by atoms with Gasteiger partial charge in [0, 0.05) is 48.6 Å². The summed E-state index contributed by atoms with van der Waals surface area (Å²) in [6, 6.07) is 42.3. The van der Waals surface area contributed by atoms with Crippen LogP contribution in [0, 0.1) is 29.6 Å². The van der Waals surface area contributed by atoms with Gasteiger partial charge in [-0.25, -0.2) is 0 Å². The van der Waals surface area contributed by atoms with Crippen LogP contribution in [0.1, 0.15) is 120 Å². The van der Waals surface area contributed by atoms with Crippen molar-refractivity contribution in [3.63, 3.8) is 0 Å². The molecule has 0 radical (unpaired) electrons. The molecule has 4 heteroatoms. The van der Waals surface area contributed by atoms with E-state index in [-0.39, 0.29) is 23.1 Å². The molecule has 8 aromatic rings. The highest BCUT2D eigenvalue weighted by Gasteiger charge is 2.54. The number of para-hydroxylation sites is 2. The Labute approximate surface area is 375 Å². The van der Waals surface area contributed by atoms with Gasteiger partial charge in [-0.05, 0) is 180 Å².